The largest absolute Gasteiger partial charge is 0.466 e. The van der Waals surface area contributed by atoms with E-state index in [1.54, 1.807) is 6.08 Å². The van der Waals surface area contributed by atoms with Crippen molar-refractivity contribution in [2.24, 2.45) is 11.3 Å². The molecule has 1 aromatic carbocycles. The van der Waals surface area contributed by atoms with Crippen LogP contribution in [0.1, 0.15) is 38.2 Å². The second-order valence-corrected chi connectivity index (χ2v) is 8.94. The predicted octanol–water partition coefficient (Wildman–Crippen LogP) is 2.98. The molecule has 31 heavy (non-hydrogen) atoms. The zero-order valence-electron chi connectivity index (χ0n) is 18.5. The number of carbonyl (C=O) groups excluding carboxylic acids is 2. The monoisotopic (exact) mass is 426 g/mol. The number of hydrogen-bond acceptors (Lipinski definition) is 5. The number of carbonyl (C=O) groups is 2. The van der Waals surface area contributed by atoms with Crippen molar-refractivity contribution in [2.45, 2.75) is 38.6 Å². The van der Waals surface area contributed by atoms with Gasteiger partial charge < -0.3 is 14.4 Å². The summed E-state index contributed by atoms with van der Waals surface area (Å²) < 4.78 is 11.1. The van der Waals surface area contributed by atoms with Gasteiger partial charge in [-0.2, -0.15) is 0 Å². The Labute approximate surface area is 185 Å². The Bertz CT molecular complexity index is 790. The van der Waals surface area contributed by atoms with Gasteiger partial charge >= 0.3 is 5.97 Å². The average molecular weight is 427 g/mol. The van der Waals surface area contributed by atoms with E-state index in [2.05, 4.69) is 4.90 Å². The molecule has 0 radical (unpaired) electrons. The minimum Gasteiger partial charge on any atom is -0.466 e. The smallest absolute Gasteiger partial charge is 0.314 e. The first-order valence-corrected chi connectivity index (χ1v) is 11.6. The number of fused-ring (bicyclic) bond motifs is 1. The van der Waals surface area contributed by atoms with Gasteiger partial charge in [-0.25, -0.2) is 0 Å². The van der Waals surface area contributed by atoms with Crippen LogP contribution in [0.2, 0.25) is 0 Å². The highest BCUT2D eigenvalue weighted by Crippen LogP contribution is 2.48. The third kappa shape index (κ3) is 4.85. The van der Waals surface area contributed by atoms with E-state index in [0.29, 0.717) is 25.7 Å². The molecule has 1 saturated carbocycles. The molecule has 4 rings (SSSR count). The third-order valence-electron chi connectivity index (χ3n) is 7.26. The summed E-state index contributed by atoms with van der Waals surface area (Å²) in [5, 5.41) is 0. The second kappa shape index (κ2) is 9.96. The number of benzene rings is 1. The highest BCUT2D eigenvalue weighted by Gasteiger charge is 2.54. The molecular formula is C25H34N2O4. The fourth-order valence-electron chi connectivity index (χ4n) is 5.54. The molecule has 3 atom stereocenters. The molecule has 1 aromatic rings. The van der Waals surface area contributed by atoms with E-state index in [1.165, 1.54) is 0 Å². The molecular weight excluding hydrogens is 392 g/mol. The lowest BCUT2D eigenvalue weighted by atomic mass is 9.61. The minimum atomic E-state index is -0.576. The maximum absolute atomic E-state index is 13.2. The molecule has 2 aliphatic heterocycles. The molecule has 0 bridgehead atoms. The van der Waals surface area contributed by atoms with E-state index in [4.69, 9.17) is 9.47 Å². The normalized spacial score (nSPS) is 29.5. The fourth-order valence-corrected chi connectivity index (χ4v) is 5.54. The minimum absolute atomic E-state index is 0.0266. The number of esters is 1. The van der Waals surface area contributed by atoms with Crippen molar-refractivity contribution in [3.63, 3.8) is 0 Å². The van der Waals surface area contributed by atoms with Crippen LogP contribution in [0.25, 0.3) is 6.08 Å². The van der Waals surface area contributed by atoms with Crippen molar-refractivity contribution in [2.75, 3.05) is 46.0 Å². The molecule has 0 spiro atoms. The van der Waals surface area contributed by atoms with Gasteiger partial charge in [-0.05, 0) is 50.2 Å². The summed E-state index contributed by atoms with van der Waals surface area (Å²) >= 11 is 0. The van der Waals surface area contributed by atoms with E-state index in [9.17, 15) is 9.59 Å². The maximum atomic E-state index is 13.2. The van der Waals surface area contributed by atoms with E-state index in [1.807, 2.05) is 48.2 Å². The molecule has 0 aromatic heterocycles. The van der Waals surface area contributed by atoms with Gasteiger partial charge in [0.15, 0.2) is 0 Å². The van der Waals surface area contributed by atoms with E-state index in [0.717, 1.165) is 57.6 Å². The summed E-state index contributed by atoms with van der Waals surface area (Å²) in [6.07, 6.45) is 7.09. The van der Waals surface area contributed by atoms with Crippen LogP contribution in [0, 0.1) is 11.3 Å². The van der Waals surface area contributed by atoms with Gasteiger partial charge in [0.2, 0.25) is 5.91 Å². The fraction of sp³-hybridized carbons (Fsp3) is 0.600. The van der Waals surface area contributed by atoms with Gasteiger partial charge in [-0.1, -0.05) is 30.3 Å². The van der Waals surface area contributed by atoms with Crippen molar-refractivity contribution in [3.05, 3.63) is 42.0 Å². The van der Waals surface area contributed by atoms with Crippen LogP contribution in [-0.4, -0.2) is 73.7 Å². The molecule has 6 heteroatoms. The Kier molecular flexibility index (Phi) is 7.08. The first-order chi connectivity index (χ1) is 15.1. The highest BCUT2D eigenvalue weighted by molar-refractivity contribution is 5.92. The van der Waals surface area contributed by atoms with Gasteiger partial charge in [-0.15, -0.1) is 0 Å². The quantitative estimate of drug-likeness (QED) is 0.535. The van der Waals surface area contributed by atoms with E-state index in [-0.39, 0.29) is 17.8 Å². The average Bonchev–Trinajstić information content (AvgIpc) is 2.83. The molecule has 0 unspecified atom stereocenters. The summed E-state index contributed by atoms with van der Waals surface area (Å²) in [5.74, 6) is 0.113. The van der Waals surface area contributed by atoms with Crippen molar-refractivity contribution in [1.29, 1.82) is 0 Å². The topological polar surface area (TPSA) is 59.1 Å². The SMILES string of the molecule is CCOC(=O)[C@@]12CC[C@@H](N3CCOCC3)C[C@H]1CCN(C(=O)C=Cc1ccccc1)C2. The maximum Gasteiger partial charge on any atom is 0.314 e. The van der Waals surface area contributed by atoms with E-state index >= 15 is 0 Å². The molecule has 2 saturated heterocycles. The zero-order valence-corrected chi connectivity index (χ0v) is 18.5. The van der Waals surface area contributed by atoms with E-state index < -0.39 is 5.41 Å². The molecule has 0 N–H and O–H groups in total. The summed E-state index contributed by atoms with van der Waals surface area (Å²) in [6, 6.07) is 10.3. The summed E-state index contributed by atoms with van der Waals surface area (Å²) in [7, 11) is 0. The lowest BCUT2D eigenvalue weighted by molar-refractivity contribution is -0.171. The highest BCUT2D eigenvalue weighted by atomic mass is 16.5. The van der Waals surface area contributed by atoms with Crippen LogP contribution in [-0.2, 0) is 19.1 Å². The molecule has 1 amide bonds. The first kappa shape index (κ1) is 22.0. The van der Waals surface area contributed by atoms with Crippen molar-refractivity contribution in [3.8, 4) is 0 Å². The van der Waals surface area contributed by atoms with Crippen molar-refractivity contribution >= 4 is 18.0 Å². The number of likely N-dealkylation sites (tertiary alicyclic amines) is 1. The van der Waals surface area contributed by atoms with Gasteiger partial charge in [0.1, 0.15) is 0 Å². The number of rotatable bonds is 5. The number of piperidine rings is 1. The summed E-state index contributed by atoms with van der Waals surface area (Å²) in [4.78, 5) is 30.5. The van der Waals surface area contributed by atoms with Gasteiger partial charge in [0.05, 0.1) is 25.2 Å². The van der Waals surface area contributed by atoms with Crippen LogP contribution < -0.4 is 0 Å². The van der Waals surface area contributed by atoms with Gasteiger partial charge in [0, 0.05) is 38.3 Å². The Balaban J connectivity index is 1.47. The standard InChI is InChI=1S/C25H34N2O4/c1-2-31-24(29)25-12-10-22(26-14-16-30-17-15-26)18-21(25)11-13-27(19-25)23(28)9-8-20-6-4-3-5-7-20/h3-9,21-22H,2,10-19H2,1H3/t21-,22-,25-/m1/s1. The number of ether oxygens (including phenoxy) is 2. The Morgan fingerprint density at radius 3 is 2.68 bits per heavy atom. The predicted molar refractivity (Wildman–Crippen MR) is 119 cm³/mol. The van der Waals surface area contributed by atoms with Gasteiger partial charge in [-0.3, -0.25) is 14.5 Å². The third-order valence-corrected chi connectivity index (χ3v) is 7.26. The number of hydrogen-bond donors (Lipinski definition) is 0. The Hall–Kier alpha value is -2.18. The zero-order chi connectivity index (χ0) is 21.7. The van der Waals surface area contributed by atoms with Crippen molar-refractivity contribution in [1.82, 2.24) is 9.80 Å². The lowest BCUT2D eigenvalue weighted by Crippen LogP contribution is -2.59. The molecule has 1 aliphatic carbocycles. The number of morpholine rings is 1. The van der Waals surface area contributed by atoms with Crippen LogP contribution in [0.15, 0.2) is 36.4 Å². The molecule has 168 valence electrons. The molecule has 3 aliphatic rings. The summed E-state index contributed by atoms with van der Waals surface area (Å²) in [5.41, 5.74) is 0.421. The molecule has 2 heterocycles. The molecule has 6 nitrogen and oxygen atoms in total. The van der Waals surface area contributed by atoms with Crippen LogP contribution in [0.3, 0.4) is 0 Å². The Morgan fingerprint density at radius 2 is 1.94 bits per heavy atom. The summed E-state index contributed by atoms with van der Waals surface area (Å²) in [6.45, 7) is 6.92. The lowest BCUT2D eigenvalue weighted by Gasteiger charge is -2.52. The van der Waals surface area contributed by atoms with Gasteiger partial charge in [0.25, 0.3) is 0 Å². The molecule has 3 fully saturated rings. The first-order valence-electron chi connectivity index (χ1n) is 11.6. The number of amides is 1. The van der Waals surface area contributed by atoms with Crippen LogP contribution in [0.5, 0.6) is 0 Å². The van der Waals surface area contributed by atoms with Crippen molar-refractivity contribution < 1.29 is 19.1 Å². The number of nitrogens with zero attached hydrogens (tertiary/aromatic N) is 2. The van der Waals surface area contributed by atoms with Crippen LogP contribution >= 0.6 is 0 Å². The second-order valence-electron chi connectivity index (χ2n) is 8.94. The Morgan fingerprint density at radius 1 is 1.16 bits per heavy atom. The van der Waals surface area contributed by atoms with Crippen LogP contribution in [0.4, 0.5) is 0 Å².